The fourth-order valence-corrected chi connectivity index (χ4v) is 5.13. The minimum atomic E-state index is -3.81. The molecule has 1 fully saturated rings. The second-order valence-corrected chi connectivity index (χ2v) is 9.61. The van der Waals surface area contributed by atoms with Crippen LogP contribution in [0.5, 0.6) is 0 Å². The summed E-state index contributed by atoms with van der Waals surface area (Å²) in [4.78, 5) is 14.8. The van der Waals surface area contributed by atoms with Gasteiger partial charge in [0, 0.05) is 13.6 Å². The van der Waals surface area contributed by atoms with E-state index in [9.17, 15) is 17.6 Å². The molecule has 4 rings (SSSR count). The van der Waals surface area contributed by atoms with E-state index in [1.165, 1.54) is 19.2 Å². The van der Waals surface area contributed by atoms with Crippen LogP contribution in [0.4, 0.5) is 4.39 Å². The molecule has 5 nitrogen and oxygen atoms in total. The maximum Gasteiger partial charge on any atom is 0.243 e. The molecule has 0 aliphatic carbocycles. The van der Waals surface area contributed by atoms with Gasteiger partial charge in [-0.15, -0.1) is 0 Å². The molecule has 3 aromatic rings. The third-order valence-corrected chi connectivity index (χ3v) is 7.41. The second kappa shape index (κ2) is 8.16. The summed E-state index contributed by atoms with van der Waals surface area (Å²) in [5.41, 5.74) is 0.863. The molecule has 0 saturated carbocycles. The Balaban J connectivity index is 1.52. The molecule has 0 bridgehead atoms. The molecule has 0 spiro atoms. The first-order chi connectivity index (χ1) is 14.4. The monoisotopic (exact) mass is 426 g/mol. The standard InChI is InChI=1S/C23H23FN2O3S/c1-25(30(28,29)21-13-10-17-5-2-3-6-19(17)15-21)16-23(27)26-14-4-7-22(26)18-8-11-20(24)12-9-18/h2-3,5-6,8-13,15,22H,4,7,14,16H2,1H3. The molecule has 1 aliphatic heterocycles. The largest absolute Gasteiger partial charge is 0.335 e. The number of carbonyl (C=O) groups is 1. The Kier molecular flexibility index (Phi) is 5.58. The molecular formula is C23H23FN2O3S. The van der Waals surface area contributed by atoms with Crippen LogP contribution in [-0.4, -0.2) is 43.7 Å². The zero-order chi connectivity index (χ0) is 21.3. The molecule has 156 valence electrons. The van der Waals surface area contributed by atoms with Crippen molar-refractivity contribution in [1.82, 2.24) is 9.21 Å². The molecule has 1 heterocycles. The van der Waals surface area contributed by atoms with Gasteiger partial charge in [-0.25, -0.2) is 12.8 Å². The number of benzene rings is 3. The number of amides is 1. The van der Waals surface area contributed by atoms with E-state index in [0.717, 1.165) is 33.5 Å². The normalized spacial score (nSPS) is 17.0. The van der Waals surface area contributed by atoms with Crippen molar-refractivity contribution in [3.8, 4) is 0 Å². The number of likely N-dealkylation sites (N-methyl/N-ethyl adjacent to an activating group) is 1. The SMILES string of the molecule is CN(CC(=O)N1CCCC1c1ccc(F)cc1)S(=O)(=O)c1ccc2ccccc2c1. The Morgan fingerprint density at radius 1 is 1.07 bits per heavy atom. The van der Waals surface area contributed by atoms with Gasteiger partial charge in [-0.1, -0.05) is 42.5 Å². The summed E-state index contributed by atoms with van der Waals surface area (Å²) in [7, 11) is -2.38. The van der Waals surface area contributed by atoms with E-state index in [1.54, 1.807) is 35.2 Å². The number of nitrogens with zero attached hydrogens (tertiary/aromatic N) is 2. The molecule has 0 radical (unpaired) electrons. The number of likely N-dealkylation sites (tertiary alicyclic amines) is 1. The van der Waals surface area contributed by atoms with Gasteiger partial charge >= 0.3 is 0 Å². The lowest BCUT2D eigenvalue weighted by Gasteiger charge is -2.27. The molecule has 30 heavy (non-hydrogen) atoms. The minimum Gasteiger partial charge on any atom is -0.335 e. The smallest absolute Gasteiger partial charge is 0.243 e. The molecule has 3 aromatic carbocycles. The van der Waals surface area contributed by atoms with Crippen LogP contribution in [0, 0.1) is 5.82 Å². The number of sulfonamides is 1. The number of halogens is 1. The van der Waals surface area contributed by atoms with E-state index >= 15 is 0 Å². The summed E-state index contributed by atoms with van der Waals surface area (Å²) in [6, 6.07) is 18.5. The fourth-order valence-electron chi connectivity index (χ4n) is 3.97. The quantitative estimate of drug-likeness (QED) is 0.621. The van der Waals surface area contributed by atoms with Crippen LogP contribution in [0.15, 0.2) is 71.6 Å². The first-order valence-electron chi connectivity index (χ1n) is 9.86. The summed E-state index contributed by atoms with van der Waals surface area (Å²) >= 11 is 0. The minimum absolute atomic E-state index is 0.158. The van der Waals surface area contributed by atoms with Crippen molar-refractivity contribution in [3.63, 3.8) is 0 Å². The van der Waals surface area contributed by atoms with Crippen molar-refractivity contribution >= 4 is 26.7 Å². The number of fused-ring (bicyclic) bond motifs is 1. The zero-order valence-corrected chi connectivity index (χ0v) is 17.5. The van der Waals surface area contributed by atoms with Crippen LogP contribution in [0.25, 0.3) is 10.8 Å². The molecule has 7 heteroatoms. The molecule has 1 amide bonds. The predicted octanol–water partition coefficient (Wildman–Crippen LogP) is 3.96. The summed E-state index contributed by atoms with van der Waals surface area (Å²) in [6.45, 7) is 0.317. The summed E-state index contributed by atoms with van der Waals surface area (Å²) < 4.78 is 40.4. The summed E-state index contributed by atoms with van der Waals surface area (Å²) in [5.74, 6) is -0.579. The lowest BCUT2D eigenvalue weighted by Crippen LogP contribution is -2.40. The van der Waals surface area contributed by atoms with Crippen LogP contribution in [0.2, 0.25) is 0 Å². The molecule has 0 N–H and O–H groups in total. The summed E-state index contributed by atoms with van der Waals surface area (Å²) in [5, 5.41) is 1.78. The Bertz CT molecular complexity index is 1180. The highest BCUT2D eigenvalue weighted by Crippen LogP contribution is 2.32. The van der Waals surface area contributed by atoms with Gasteiger partial charge < -0.3 is 4.90 Å². The molecule has 1 saturated heterocycles. The van der Waals surface area contributed by atoms with Crippen molar-refractivity contribution in [1.29, 1.82) is 0 Å². The summed E-state index contributed by atoms with van der Waals surface area (Å²) in [6.07, 6.45) is 1.60. The van der Waals surface area contributed by atoms with Crippen LogP contribution >= 0.6 is 0 Å². The Morgan fingerprint density at radius 2 is 1.77 bits per heavy atom. The molecule has 1 unspecified atom stereocenters. The van der Waals surface area contributed by atoms with Crippen molar-refractivity contribution in [3.05, 3.63) is 78.1 Å². The van der Waals surface area contributed by atoms with Gasteiger partial charge in [-0.3, -0.25) is 4.79 Å². The number of hydrogen-bond donors (Lipinski definition) is 0. The van der Waals surface area contributed by atoms with Crippen LogP contribution < -0.4 is 0 Å². The lowest BCUT2D eigenvalue weighted by atomic mass is 10.0. The number of carbonyl (C=O) groups excluding carboxylic acids is 1. The van der Waals surface area contributed by atoms with Gasteiger partial charge in [0.2, 0.25) is 15.9 Å². The van der Waals surface area contributed by atoms with Gasteiger partial charge in [0.25, 0.3) is 0 Å². The van der Waals surface area contributed by atoms with E-state index in [4.69, 9.17) is 0 Å². The Morgan fingerprint density at radius 3 is 2.50 bits per heavy atom. The van der Waals surface area contributed by atoms with E-state index in [0.29, 0.717) is 6.54 Å². The van der Waals surface area contributed by atoms with E-state index in [2.05, 4.69) is 0 Å². The van der Waals surface area contributed by atoms with Gasteiger partial charge in [0.1, 0.15) is 5.82 Å². The third kappa shape index (κ3) is 3.95. The first kappa shape index (κ1) is 20.5. The third-order valence-electron chi connectivity index (χ3n) is 5.61. The van der Waals surface area contributed by atoms with Gasteiger partial charge in [-0.05, 0) is 53.4 Å². The lowest BCUT2D eigenvalue weighted by molar-refractivity contribution is -0.132. The Labute approximate surface area is 175 Å². The van der Waals surface area contributed by atoms with Gasteiger partial charge in [-0.2, -0.15) is 4.31 Å². The second-order valence-electron chi connectivity index (χ2n) is 7.57. The molecular weight excluding hydrogens is 403 g/mol. The van der Waals surface area contributed by atoms with Gasteiger partial charge in [0.15, 0.2) is 0 Å². The average molecular weight is 427 g/mol. The highest BCUT2D eigenvalue weighted by Gasteiger charge is 2.32. The molecule has 0 aromatic heterocycles. The van der Waals surface area contributed by atoms with Crippen molar-refractivity contribution in [2.24, 2.45) is 0 Å². The average Bonchev–Trinajstić information content (AvgIpc) is 3.24. The molecule has 1 atom stereocenters. The number of rotatable bonds is 5. The van der Waals surface area contributed by atoms with Crippen LogP contribution in [0.1, 0.15) is 24.4 Å². The Hall–Kier alpha value is -2.77. The van der Waals surface area contributed by atoms with Crippen molar-refractivity contribution in [2.75, 3.05) is 20.1 Å². The highest BCUT2D eigenvalue weighted by molar-refractivity contribution is 7.89. The van der Waals surface area contributed by atoms with Crippen LogP contribution in [-0.2, 0) is 14.8 Å². The van der Waals surface area contributed by atoms with Crippen molar-refractivity contribution < 1.29 is 17.6 Å². The van der Waals surface area contributed by atoms with Gasteiger partial charge in [0.05, 0.1) is 17.5 Å². The van der Waals surface area contributed by atoms with E-state index in [-0.39, 0.29) is 29.2 Å². The topological polar surface area (TPSA) is 57.7 Å². The maximum atomic E-state index is 13.2. The molecule has 1 aliphatic rings. The zero-order valence-electron chi connectivity index (χ0n) is 16.7. The van der Waals surface area contributed by atoms with E-state index < -0.39 is 10.0 Å². The van der Waals surface area contributed by atoms with Crippen molar-refractivity contribution in [2.45, 2.75) is 23.8 Å². The highest BCUT2D eigenvalue weighted by atomic mass is 32.2. The first-order valence-corrected chi connectivity index (χ1v) is 11.3. The number of hydrogen-bond acceptors (Lipinski definition) is 3. The predicted molar refractivity (Wildman–Crippen MR) is 114 cm³/mol. The van der Waals surface area contributed by atoms with Crippen LogP contribution in [0.3, 0.4) is 0 Å². The fraction of sp³-hybridized carbons (Fsp3) is 0.261. The van der Waals surface area contributed by atoms with E-state index in [1.807, 2.05) is 24.3 Å². The maximum absolute atomic E-state index is 13.2.